The third kappa shape index (κ3) is 6.10. The maximum absolute atomic E-state index is 5.76. The molecular weight excluding hydrogens is 312 g/mol. The Morgan fingerprint density at radius 3 is 1.96 bits per heavy atom. The van der Waals surface area contributed by atoms with Crippen LogP contribution in [0.2, 0.25) is 0 Å². The third-order valence-electron chi connectivity index (χ3n) is 3.51. The van der Waals surface area contributed by atoms with Crippen molar-refractivity contribution in [2.45, 2.75) is 13.1 Å². The molecule has 0 unspecified atom stereocenters. The number of benzene rings is 2. The molecule has 0 atom stereocenters. The number of ether oxygens (including phenoxy) is 2. The van der Waals surface area contributed by atoms with Crippen LogP contribution in [0.4, 0.5) is 0 Å². The van der Waals surface area contributed by atoms with Gasteiger partial charge >= 0.3 is 0 Å². The number of hydrogen-bond donors (Lipinski definition) is 1. The fourth-order valence-corrected chi connectivity index (χ4v) is 2.45. The minimum absolute atomic E-state index is 0. The summed E-state index contributed by atoms with van der Waals surface area (Å²) in [6.45, 7) is 3.15. The largest absolute Gasteiger partial charge is 0.497 e. The van der Waals surface area contributed by atoms with E-state index in [0.29, 0.717) is 6.54 Å². The van der Waals surface area contributed by atoms with E-state index in [9.17, 15) is 0 Å². The predicted molar refractivity (Wildman–Crippen MR) is 96.4 cm³/mol. The second-order valence-electron chi connectivity index (χ2n) is 5.21. The lowest BCUT2D eigenvalue weighted by Crippen LogP contribution is -2.28. The normalized spacial score (nSPS) is 10.3. The van der Waals surface area contributed by atoms with Crippen molar-refractivity contribution in [3.63, 3.8) is 0 Å². The highest BCUT2D eigenvalue weighted by molar-refractivity contribution is 5.85. The molecule has 0 fully saturated rings. The van der Waals surface area contributed by atoms with Gasteiger partial charge in [-0.25, -0.2) is 0 Å². The molecule has 23 heavy (non-hydrogen) atoms. The van der Waals surface area contributed by atoms with Crippen LogP contribution in [-0.2, 0) is 13.1 Å². The Labute approximate surface area is 144 Å². The fraction of sp³-hybridized carbons (Fsp3) is 0.333. The van der Waals surface area contributed by atoms with Gasteiger partial charge in [-0.1, -0.05) is 30.3 Å². The molecule has 2 N–H and O–H groups in total. The van der Waals surface area contributed by atoms with Crippen molar-refractivity contribution in [3.8, 4) is 11.5 Å². The van der Waals surface area contributed by atoms with E-state index < -0.39 is 0 Å². The van der Waals surface area contributed by atoms with E-state index in [1.54, 1.807) is 14.2 Å². The summed E-state index contributed by atoms with van der Waals surface area (Å²) >= 11 is 0. The summed E-state index contributed by atoms with van der Waals surface area (Å²) in [6, 6.07) is 16.4. The minimum atomic E-state index is 0. The molecule has 2 aromatic carbocycles. The van der Waals surface area contributed by atoms with E-state index in [1.165, 1.54) is 5.56 Å². The van der Waals surface area contributed by atoms with E-state index in [4.69, 9.17) is 15.2 Å². The highest BCUT2D eigenvalue weighted by atomic mass is 35.5. The van der Waals surface area contributed by atoms with Gasteiger partial charge in [0.2, 0.25) is 0 Å². The van der Waals surface area contributed by atoms with E-state index in [1.807, 2.05) is 24.3 Å². The number of methoxy groups -OCH3 is 2. The first kappa shape index (κ1) is 19.3. The van der Waals surface area contributed by atoms with Crippen molar-refractivity contribution in [1.82, 2.24) is 4.90 Å². The third-order valence-corrected chi connectivity index (χ3v) is 3.51. The topological polar surface area (TPSA) is 47.7 Å². The smallest absolute Gasteiger partial charge is 0.122 e. The Balaban J connectivity index is 0.00000264. The van der Waals surface area contributed by atoms with Crippen molar-refractivity contribution >= 4 is 12.4 Å². The SMILES string of the molecule is COc1cc(CN(CCN)Cc2ccccc2)cc(OC)c1.Cl. The van der Waals surface area contributed by atoms with Gasteiger partial charge in [0.15, 0.2) is 0 Å². The van der Waals surface area contributed by atoms with Gasteiger partial charge in [-0.05, 0) is 23.3 Å². The molecular formula is C18H25ClN2O2. The second kappa shape index (κ2) is 10.1. The molecule has 0 aromatic heterocycles. The average Bonchev–Trinajstić information content (AvgIpc) is 2.55. The first-order valence-corrected chi connectivity index (χ1v) is 7.43. The fourth-order valence-electron chi connectivity index (χ4n) is 2.45. The number of halogens is 1. The zero-order valence-electron chi connectivity index (χ0n) is 13.7. The van der Waals surface area contributed by atoms with Gasteiger partial charge in [0.05, 0.1) is 14.2 Å². The van der Waals surface area contributed by atoms with Crippen molar-refractivity contribution < 1.29 is 9.47 Å². The molecule has 0 radical (unpaired) electrons. The molecule has 2 rings (SSSR count). The van der Waals surface area contributed by atoms with Crippen LogP contribution in [0.25, 0.3) is 0 Å². The van der Waals surface area contributed by atoms with E-state index >= 15 is 0 Å². The molecule has 0 saturated heterocycles. The van der Waals surface area contributed by atoms with Gasteiger partial charge in [-0.15, -0.1) is 12.4 Å². The van der Waals surface area contributed by atoms with Crippen LogP contribution in [0.15, 0.2) is 48.5 Å². The standard InChI is InChI=1S/C18H24N2O2.ClH/c1-21-17-10-16(11-18(12-17)22-2)14-20(9-8-19)13-15-6-4-3-5-7-15;/h3-7,10-12H,8-9,13-14,19H2,1-2H3;1H. The van der Waals surface area contributed by atoms with Crippen LogP contribution in [0, 0.1) is 0 Å². The zero-order valence-corrected chi connectivity index (χ0v) is 14.5. The minimum Gasteiger partial charge on any atom is -0.497 e. The first-order chi connectivity index (χ1) is 10.7. The summed E-state index contributed by atoms with van der Waals surface area (Å²) in [7, 11) is 3.33. The molecule has 0 saturated carbocycles. The first-order valence-electron chi connectivity index (χ1n) is 7.43. The summed E-state index contributed by atoms with van der Waals surface area (Å²) in [5.74, 6) is 1.61. The summed E-state index contributed by atoms with van der Waals surface area (Å²) < 4.78 is 10.7. The number of rotatable bonds is 8. The van der Waals surface area contributed by atoms with Crippen LogP contribution < -0.4 is 15.2 Å². The van der Waals surface area contributed by atoms with Gasteiger partial charge in [0.1, 0.15) is 11.5 Å². The van der Waals surface area contributed by atoms with E-state index in [2.05, 4.69) is 29.2 Å². The molecule has 0 aliphatic heterocycles. The Hall–Kier alpha value is -1.75. The second-order valence-corrected chi connectivity index (χ2v) is 5.21. The Morgan fingerprint density at radius 1 is 0.870 bits per heavy atom. The van der Waals surface area contributed by atoms with E-state index in [0.717, 1.165) is 36.7 Å². The molecule has 0 aliphatic rings. The molecule has 5 heteroatoms. The van der Waals surface area contributed by atoms with Gasteiger partial charge in [-0.2, -0.15) is 0 Å². The van der Waals surface area contributed by atoms with Crippen molar-refractivity contribution in [1.29, 1.82) is 0 Å². The molecule has 0 spiro atoms. The average molecular weight is 337 g/mol. The maximum atomic E-state index is 5.76. The summed E-state index contributed by atoms with van der Waals surface area (Å²) in [4.78, 5) is 2.32. The summed E-state index contributed by atoms with van der Waals surface area (Å²) in [5, 5.41) is 0. The number of nitrogens with zero attached hydrogens (tertiary/aromatic N) is 1. The Morgan fingerprint density at radius 2 is 1.43 bits per heavy atom. The van der Waals surface area contributed by atoms with Crippen molar-refractivity contribution in [3.05, 3.63) is 59.7 Å². The van der Waals surface area contributed by atoms with Gasteiger partial charge in [0, 0.05) is 32.2 Å². The number of hydrogen-bond acceptors (Lipinski definition) is 4. The lowest BCUT2D eigenvalue weighted by atomic mass is 10.1. The molecule has 0 aliphatic carbocycles. The van der Waals surface area contributed by atoms with Gasteiger partial charge < -0.3 is 15.2 Å². The van der Waals surface area contributed by atoms with Crippen LogP contribution in [0.1, 0.15) is 11.1 Å². The lowest BCUT2D eigenvalue weighted by Gasteiger charge is -2.22. The molecule has 0 amide bonds. The van der Waals surface area contributed by atoms with Crippen molar-refractivity contribution in [2.24, 2.45) is 5.73 Å². The molecule has 4 nitrogen and oxygen atoms in total. The Kier molecular flexibility index (Phi) is 8.48. The zero-order chi connectivity index (χ0) is 15.8. The molecule has 0 bridgehead atoms. The van der Waals surface area contributed by atoms with Crippen molar-refractivity contribution in [2.75, 3.05) is 27.3 Å². The number of nitrogens with two attached hydrogens (primary N) is 1. The van der Waals surface area contributed by atoms with Gasteiger partial charge in [0.25, 0.3) is 0 Å². The van der Waals surface area contributed by atoms with Gasteiger partial charge in [-0.3, -0.25) is 4.90 Å². The quantitative estimate of drug-likeness (QED) is 0.804. The maximum Gasteiger partial charge on any atom is 0.122 e. The summed E-state index contributed by atoms with van der Waals surface area (Å²) in [5.41, 5.74) is 8.19. The predicted octanol–water partition coefficient (Wildman–Crippen LogP) is 3.09. The highest BCUT2D eigenvalue weighted by Crippen LogP contribution is 2.23. The van der Waals surface area contributed by atoms with Crippen LogP contribution in [0.5, 0.6) is 11.5 Å². The van der Waals surface area contributed by atoms with Crippen LogP contribution in [-0.4, -0.2) is 32.2 Å². The monoisotopic (exact) mass is 336 g/mol. The highest BCUT2D eigenvalue weighted by Gasteiger charge is 2.09. The molecule has 2 aromatic rings. The molecule has 126 valence electrons. The summed E-state index contributed by atoms with van der Waals surface area (Å²) in [6.07, 6.45) is 0. The van der Waals surface area contributed by atoms with Crippen LogP contribution >= 0.6 is 12.4 Å². The van der Waals surface area contributed by atoms with Crippen LogP contribution in [0.3, 0.4) is 0 Å². The Bertz CT molecular complexity index is 556. The lowest BCUT2D eigenvalue weighted by molar-refractivity contribution is 0.263. The molecule has 0 heterocycles. The van der Waals surface area contributed by atoms with E-state index in [-0.39, 0.29) is 12.4 Å².